The van der Waals surface area contributed by atoms with E-state index in [0.29, 0.717) is 23.0 Å². The number of carbonyl (C=O) groups excluding carboxylic acids is 2. The van der Waals surface area contributed by atoms with Gasteiger partial charge in [-0.15, -0.1) is 10.2 Å². The van der Waals surface area contributed by atoms with Gasteiger partial charge in [-0.3, -0.25) is 9.48 Å². The van der Waals surface area contributed by atoms with Crippen molar-refractivity contribution in [3.8, 4) is 11.5 Å². The van der Waals surface area contributed by atoms with E-state index in [2.05, 4.69) is 45.2 Å². The van der Waals surface area contributed by atoms with Crippen molar-refractivity contribution in [2.75, 3.05) is 18.0 Å². The number of hydrogen-bond donors (Lipinski definition) is 0. The highest BCUT2D eigenvalue weighted by Crippen LogP contribution is 2.28. The summed E-state index contributed by atoms with van der Waals surface area (Å²) in [4.78, 5) is 30.4. The van der Waals surface area contributed by atoms with E-state index >= 15 is 0 Å². The molecule has 3 aromatic rings. The van der Waals surface area contributed by atoms with E-state index in [-0.39, 0.29) is 11.4 Å². The molecule has 0 unspecified atom stereocenters. The van der Waals surface area contributed by atoms with Gasteiger partial charge < -0.3 is 4.90 Å². The molecule has 168 valence electrons. The maximum Gasteiger partial charge on any atom is 0.219 e. The van der Waals surface area contributed by atoms with Crippen LogP contribution in [0.2, 0.25) is 0 Å². The van der Waals surface area contributed by atoms with Gasteiger partial charge in [-0.1, -0.05) is 0 Å². The number of ketones is 1. The summed E-state index contributed by atoms with van der Waals surface area (Å²) in [5.41, 5.74) is 4.45. The van der Waals surface area contributed by atoms with E-state index in [1.807, 2.05) is 39.1 Å². The Kier molecular flexibility index (Phi) is 5.85. The molecule has 1 aliphatic rings. The minimum Gasteiger partial charge on any atom is -0.372 e. The van der Waals surface area contributed by atoms with E-state index in [1.165, 1.54) is 10.6 Å². The molecule has 10 nitrogen and oxygen atoms in total. The second kappa shape index (κ2) is 8.76. The average Bonchev–Trinajstić information content (AvgIpc) is 3.45. The smallest absolute Gasteiger partial charge is 0.219 e. The lowest BCUT2D eigenvalue weighted by Gasteiger charge is -2.21. The molecule has 0 bridgehead atoms. The Bertz CT molecular complexity index is 1330. The Morgan fingerprint density at radius 2 is 1.88 bits per heavy atom. The molecule has 0 radical (unpaired) electrons. The fraction of sp³-hybridized carbons (Fsp3) is 0.304. The third kappa shape index (κ3) is 3.92. The molecule has 2 aromatic heterocycles. The van der Waals surface area contributed by atoms with Crippen LogP contribution in [0.4, 0.5) is 11.4 Å². The van der Waals surface area contributed by atoms with Crippen LogP contribution >= 0.6 is 0 Å². The minimum absolute atomic E-state index is 0.00405. The van der Waals surface area contributed by atoms with Crippen molar-refractivity contribution in [3.05, 3.63) is 47.4 Å². The first-order valence-electron chi connectivity index (χ1n) is 10.6. The summed E-state index contributed by atoms with van der Waals surface area (Å²) >= 11 is 0. The molecular formula is C23H24N8O2. The fourth-order valence-corrected chi connectivity index (χ4v) is 3.67. The van der Waals surface area contributed by atoms with Crippen LogP contribution in [0, 0.1) is 13.8 Å². The topological polar surface area (TPSA) is 111 Å². The molecule has 4 rings (SSSR count). The summed E-state index contributed by atoms with van der Waals surface area (Å²) < 4.78 is 3.15. The van der Waals surface area contributed by atoms with Crippen LogP contribution in [-0.2, 0) is 16.6 Å². The van der Waals surface area contributed by atoms with E-state index in [1.54, 1.807) is 4.68 Å². The van der Waals surface area contributed by atoms with Crippen LogP contribution in [0.3, 0.4) is 0 Å². The number of allylic oxidation sites excluding steroid dienone is 1. The van der Waals surface area contributed by atoms with Crippen molar-refractivity contribution in [2.24, 2.45) is 17.1 Å². The highest BCUT2D eigenvalue weighted by molar-refractivity contribution is 6.73. The van der Waals surface area contributed by atoms with Crippen molar-refractivity contribution in [2.45, 2.75) is 27.7 Å². The van der Waals surface area contributed by atoms with Crippen molar-refractivity contribution in [3.63, 3.8) is 0 Å². The molecule has 0 amide bonds. The molecule has 3 heterocycles. The maximum absolute atomic E-state index is 12.6. The molecule has 0 fully saturated rings. The Labute approximate surface area is 191 Å². The van der Waals surface area contributed by atoms with Gasteiger partial charge in [0, 0.05) is 31.5 Å². The number of carbonyl (C=O) groups is 1. The van der Waals surface area contributed by atoms with Gasteiger partial charge in [0.25, 0.3) is 0 Å². The number of aryl methyl sites for hydroxylation is 3. The van der Waals surface area contributed by atoms with Crippen LogP contribution in [0.5, 0.6) is 0 Å². The van der Waals surface area contributed by atoms with Gasteiger partial charge in [-0.05, 0) is 57.5 Å². The van der Waals surface area contributed by atoms with Crippen LogP contribution in [-0.4, -0.2) is 60.9 Å². The Hall–Kier alpha value is -4.17. The number of nitrogens with zero attached hydrogens (tertiary/aromatic N) is 8. The van der Waals surface area contributed by atoms with Gasteiger partial charge >= 0.3 is 0 Å². The fourth-order valence-electron chi connectivity index (χ4n) is 3.67. The first-order chi connectivity index (χ1) is 15.9. The van der Waals surface area contributed by atoms with Crippen LogP contribution in [0.1, 0.15) is 30.9 Å². The lowest BCUT2D eigenvalue weighted by atomic mass is 10.1. The molecule has 0 saturated heterocycles. The van der Waals surface area contributed by atoms with Gasteiger partial charge in [-0.25, -0.2) is 9.79 Å². The van der Waals surface area contributed by atoms with E-state index in [0.717, 1.165) is 36.1 Å². The zero-order chi connectivity index (χ0) is 23.7. The largest absolute Gasteiger partial charge is 0.372 e. The molecular weight excluding hydrogens is 420 g/mol. The van der Waals surface area contributed by atoms with Gasteiger partial charge in [-0.2, -0.15) is 14.9 Å². The van der Waals surface area contributed by atoms with Crippen LogP contribution in [0.25, 0.3) is 11.5 Å². The third-order valence-corrected chi connectivity index (χ3v) is 5.58. The standard InChI is InChI=1S/C23H24N8O2/c1-6-30(7-2)16-8-9-17(14(3)12-16)24-21-20(19(33)10-11-32)28-31-22(25-26-23(21)31)18-13-15(4)29(5)27-18/h8-10,12-13H,6-7H2,1-5H3. The molecule has 0 spiro atoms. The highest BCUT2D eigenvalue weighted by Gasteiger charge is 2.33. The van der Waals surface area contributed by atoms with Gasteiger partial charge in [0.1, 0.15) is 17.3 Å². The molecule has 0 saturated carbocycles. The summed E-state index contributed by atoms with van der Waals surface area (Å²) in [5, 5.41) is 17.3. The number of hydrogen-bond acceptors (Lipinski definition) is 8. The number of rotatable bonds is 7. The maximum atomic E-state index is 12.6. The molecule has 0 N–H and O–H groups in total. The number of anilines is 1. The molecule has 0 atom stereocenters. The second-order valence-electron chi connectivity index (χ2n) is 7.63. The Morgan fingerprint density at radius 3 is 2.48 bits per heavy atom. The minimum atomic E-state index is -0.602. The van der Waals surface area contributed by atoms with E-state index < -0.39 is 5.78 Å². The lowest BCUT2D eigenvalue weighted by molar-refractivity contribution is -0.108. The zero-order valence-electron chi connectivity index (χ0n) is 19.2. The summed E-state index contributed by atoms with van der Waals surface area (Å²) in [6, 6.07) is 7.80. The van der Waals surface area contributed by atoms with Gasteiger partial charge in [0.15, 0.2) is 5.71 Å². The SMILES string of the molecule is CCN(CC)c1ccc(N=C2C(C(=O)C=C=O)=Nn3c2nnc3-c2cc(C)n(C)n2)c(C)c1. The predicted octanol–water partition coefficient (Wildman–Crippen LogP) is 2.44. The number of fused-ring (bicyclic) bond motifs is 1. The quantitative estimate of drug-likeness (QED) is 0.409. The van der Waals surface area contributed by atoms with Crippen molar-refractivity contribution < 1.29 is 9.59 Å². The summed E-state index contributed by atoms with van der Waals surface area (Å²) in [6.07, 6.45) is 0.801. The summed E-state index contributed by atoms with van der Waals surface area (Å²) in [5.74, 6) is 1.61. The Morgan fingerprint density at radius 1 is 1.15 bits per heavy atom. The number of aromatic nitrogens is 5. The first-order valence-corrected chi connectivity index (χ1v) is 10.6. The molecule has 10 heteroatoms. The van der Waals surface area contributed by atoms with Gasteiger partial charge in [0.05, 0.1) is 11.8 Å². The molecule has 33 heavy (non-hydrogen) atoms. The van der Waals surface area contributed by atoms with Crippen LogP contribution < -0.4 is 4.90 Å². The zero-order valence-corrected chi connectivity index (χ0v) is 19.2. The van der Waals surface area contributed by atoms with Crippen molar-refractivity contribution >= 4 is 34.5 Å². The van der Waals surface area contributed by atoms with Crippen molar-refractivity contribution in [1.29, 1.82) is 0 Å². The molecule has 0 aliphatic carbocycles. The van der Waals surface area contributed by atoms with Gasteiger partial charge in [0.2, 0.25) is 17.4 Å². The highest BCUT2D eigenvalue weighted by atomic mass is 16.1. The average molecular weight is 444 g/mol. The lowest BCUT2D eigenvalue weighted by Crippen LogP contribution is -2.22. The monoisotopic (exact) mass is 444 g/mol. The number of aliphatic imine (C=N–C) groups is 1. The van der Waals surface area contributed by atoms with E-state index in [4.69, 9.17) is 4.99 Å². The van der Waals surface area contributed by atoms with E-state index in [9.17, 15) is 9.59 Å². The third-order valence-electron chi connectivity index (χ3n) is 5.58. The van der Waals surface area contributed by atoms with Crippen LogP contribution in [0.15, 0.2) is 40.4 Å². The first kappa shape index (κ1) is 22.0. The Balaban J connectivity index is 1.83. The normalized spacial score (nSPS) is 13.6. The molecule has 1 aromatic carbocycles. The predicted molar refractivity (Wildman–Crippen MR) is 126 cm³/mol. The van der Waals surface area contributed by atoms with Crippen molar-refractivity contribution in [1.82, 2.24) is 24.7 Å². The second-order valence-corrected chi connectivity index (χ2v) is 7.63. The number of benzene rings is 1. The summed E-state index contributed by atoms with van der Waals surface area (Å²) in [7, 11) is 1.82. The molecule has 1 aliphatic heterocycles. The summed E-state index contributed by atoms with van der Waals surface area (Å²) in [6.45, 7) is 9.88.